The molecule has 0 saturated heterocycles. The fourth-order valence-corrected chi connectivity index (χ4v) is 4.40. The minimum atomic E-state index is 0.174. The van der Waals surface area contributed by atoms with Crippen LogP contribution < -0.4 is 0 Å². The predicted molar refractivity (Wildman–Crippen MR) is 89.5 cm³/mol. The van der Waals surface area contributed by atoms with Crippen LogP contribution in [-0.4, -0.2) is 18.1 Å². The Morgan fingerprint density at radius 1 is 0.947 bits per heavy atom. The van der Waals surface area contributed by atoms with Gasteiger partial charge in [0.05, 0.1) is 0 Å². The normalized spacial score (nSPS) is 14.0. The van der Waals surface area contributed by atoms with Crippen molar-refractivity contribution in [1.82, 2.24) is 0 Å². The molecule has 114 valence electrons. The molecular weight excluding hydrogens is 251 g/mol. The lowest BCUT2D eigenvalue weighted by Gasteiger charge is -2.30. The van der Waals surface area contributed by atoms with E-state index in [-0.39, 0.29) is 11.3 Å². The summed E-state index contributed by atoms with van der Waals surface area (Å²) < 4.78 is 0. The van der Waals surface area contributed by atoms with Gasteiger partial charge >= 0.3 is 0 Å². The summed E-state index contributed by atoms with van der Waals surface area (Å²) >= 11 is 0. The number of hydrogen-bond donors (Lipinski definition) is 0. The number of hydrogen-bond acceptors (Lipinski definition) is 1. The lowest BCUT2D eigenvalue weighted by molar-refractivity contribution is -0.123. The number of Topliss-reactive ketones (excluding diaryl/α,β-unsaturated/α-hetero) is 1. The molecule has 0 aromatic carbocycles. The maximum atomic E-state index is 11.9. The van der Waals surface area contributed by atoms with Crippen molar-refractivity contribution in [3.05, 3.63) is 0 Å². The zero-order chi connectivity index (χ0) is 15.3. The van der Waals surface area contributed by atoms with Gasteiger partial charge in [0.2, 0.25) is 0 Å². The van der Waals surface area contributed by atoms with Crippen LogP contribution in [0.2, 0.25) is 0 Å². The summed E-state index contributed by atoms with van der Waals surface area (Å²) in [6.07, 6.45) is 4.52. The van der Waals surface area contributed by atoms with Gasteiger partial charge in [0, 0.05) is 12.3 Å². The van der Waals surface area contributed by atoms with Crippen molar-refractivity contribution in [1.29, 1.82) is 0 Å². The van der Waals surface area contributed by atoms with Gasteiger partial charge in [-0.05, 0) is 35.5 Å². The van der Waals surface area contributed by atoms with Crippen LogP contribution >= 0.6 is 8.58 Å². The summed E-state index contributed by atoms with van der Waals surface area (Å²) in [6.45, 7) is 17.9. The first-order chi connectivity index (χ1) is 8.45. The van der Waals surface area contributed by atoms with Crippen LogP contribution in [0.1, 0.15) is 68.2 Å². The monoisotopic (exact) mass is 286 g/mol. The van der Waals surface area contributed by atoms with E-state index in [1.165, 1.54) is 18.7 Å². The van der Waals surface area contributed by atoms with Gasteiger partial charge in [0.25, 0.3) is 0 Å². The van der Waals surface area contributed by atoms with E-state index >= 15 is 0 Å². The largest absolute Gasteiger partial charge is 0.299 e. The molecule has 0 N–H and O–H groups in total. The quantitative estimate of drug-likeness (QED) is 0.520. The summed E-state index contributed by atoms with van der Waals surface area (Å²) in [5.74, 6) is 1.37. The third-order valence-electron chi connectivity index (χ3n) is 3.46. The van der Waals surface area contributed by atoms with Gasteiger partial charge < -0.3 is 0 Å². The Kier molecular flexibility index (Phi) is 7.81. The van der Waals surface area contributed by atoms with E-state index in [2.05, 4.69) is 41.5 Å². The van der Waals surface area contributed by atoms with Gasteiger partial charge in [-0.3, -0.25) is 4.79 Å². The number of rotatable bonds is 9. The molecule has 0 rings (SSSR count). The number of carbonyl (C=O) groups excluding carboxylic acids is 1. The average molecular weight is 286 g/mol. The molecule has 0 heterocycles. The highest BCUT2D eigenvalue weighted by atomic mass is 31.1. The van der Waals surface area contributed by atoms with Crippen molar-refractivity contribution in [3.63, 3.8) is 0 Å². The van der Waals surface area contributed by atoms with Crippen molar-refractivity contribution in [3.8, 4) is 0 Å². The van der Waals surface area contributed by atoms with Crippen molar-refractivity contribution < 1.29 is 4.79 Å². The second kappa shape index (κ2) is 7.77. The van der Waals surface area contributed by atoms with Crippen LogP contribution in [0, 0.1) is 22.7 Å². The fraction of sp³-hybridized carbons (Fsp3) is 0.941. The van der Waals surface area contributed by atoms with E-state index in [4.69, 9.17) is 0 Å². The van der Waals surface area contributed by atoms with Gasteiger partial charge in [0.1, 0.15) is 5.78 Å². The van der Waals surface area contributed by atoms with Gasteiger partial charge in [-0.2, -0.15) is 0 Å². The molecule has 0 bridgehead atoms. The molecule has 0 aliphatic heterocycles. The summed E-state index contributed by atoms with van der Waals surface area (Å²) in [4.78, 5) is 11.9. The molecule has 0 aromatic heterocycles. The minimum Gasteiger partial charge on any atom is -0.299 e. The van der Waals surface area contributed by atoms with Crippen LogP contribution in [0.3, 0.4) is 0 Å². The Bertz CT molecular complexity index is 277. The smallest absolute Gasteiger partial charge is 0.135 e. The number of ketones is 1. The van der Waals surface area contributed by atoms with Crippen molar-refractivity contribution in [2.45, 2.75) is 68.2 Å². The molecule has 0 aliphatic rings. The zero-order valence-corrected chi connectivity index (χ0v) is 15.4. The standard InChI is InChI=1S/C17H35OP/c1-13(2)9-16(5,6)11-19-12-17(7,8)10-15(18)14(3)4/h13-14,19H,9-12H2,1-8H3. The Hall–Kier alpha value is 0.100. The molecule has 0 aliphatic carbocycles. The highest BCUT2D eigenvalue weighted by Crippen LogP contribution is 2.37. The SMILES string of the molecule is CC(C)CC(C)(C)CPCC(C)(C)CC(=O)C(C)C. The molecule has 0 radical (unpaired) electrons. The van der Waals surface area contributed by atoms with Crippen LogP contribution in [0.25, 0.3) is 0 Å². The van der Waals surface area contributed by atoms with E-state index < -0.39 is 0 Å². The zero-order valence-electron chi connectivity index (χ0n) is 14.4. The van der Waals surface area contributed by atoms with Crippen molar-refractivity contribution in [2.75, 3.05) is 12.3 Å². The Morgan fingerprint density at radius 3 is 1.84 bits per heavy atom. The first-order valence-electron chi connectivity index (χ1n) is 7.69. The molecule has 0 fully saturated rings. The average Bonchev–Trinajstić information content (AvgIpc) is 2.12. The van der Waals surface area contributed by atoms with Crippen LogP contribution in [0.15, 0.2) is 0 Å². The predicted octanol–water partition coefficient (Wildman–Crippen LogP) is 5.38. The summed E-state index contributed by atoms with van der Waals surface area (Å²) in [5, 5.41) is 0. The van der Waals surface area contributed by atoms with E-state index in [0.29, 0.717) is 11.2 Å². The van der Waals surface area contributed by atoms with Gasteiger partial charge in [-0.25, -0.2) is 0 Å². The Labute approximate surface area is 123 Å². The molecule has 0 amide bonds. The second-order valence-corrected chi connectivity index (χ2v) is 9.53. The second-order valence-electron chi connectivity index (χ2n) is 8.33. The summed E-state index contributed by atoms with van der Waals surface area (Å²) in [5.41, 5.74) is 0.623. The van der Waals surface area contributed by atoms with E-state index in [0.717, 1.165) is 20.9 Å². The highest BCUT2D eigenvalue weighted by Gasteiger charge is 2.25. The van der Waals surface area contributed by atoms with Crippen molar-refractivity contribution in [2.24, 2.45) is 22.7 Å². The van der Waals surface area contributed by atoms with Gasteiger partial charge in [-0.15, -0.1) is 8.58 Å². The highest BCUT2D eigenvalue weighted by molar-refractivity contribution is 7.38. The van der Waals surface area contributed by atoms with Crippen LogP contribution in [-0.2, 0) is 4.79 Å². The molecule has 19 heavy (non-hydrogen) atoms. The lowest BCUT2D eigenvalue weighted by atomic mass is 9.86. The van der Waals surface area contributed by atoms with E-state index in [1.54, 1.807) is 0 Å². The topological polar surface area (TPSA) is 17.1 Å². The molecule has 1 atom stereocenters. The molecular formula is C17H35OP. The molecule has 1 nitrogen and oxygen atoms in total. The van der Waals surface area contributed by atoms with Crippen molar-refractivity contribution >= 4 is 14.4 Å². The maximum absolute atomic E-state index is 11.9. The maximum Gasteiger partial charge on any atom is 0.135 e. The van der Waals surface area contributed by atoms with Gasteiger partial charge in [0.15, 0.2) is 0 Å². The molecule has 0 spiro atoms. The van der Waals surface area contributed by atoms with Crippen LogP contribution in [0.4, 0.5) is 0 Å². The third kappa shape index (κ3) is 9.61. The van der Waals surface area contributed by atoms with E-state index in [1.807, 2.05) is 13.8 Å². The fourth-order valence-electron chi connectivity index (χ4n) is 2.65. The first kappa shape index (κ1) is 19.1. The third-order valence-corrected chi connectivity index (χ3v) is 5.88. The minimum absolute atomic E-state index is 0.174. The molecule has 1 unspecified atom stereocenters. The Balaban J connectivity index is 4.14. The number of carbonyl (C=O) groups is 1. The molecule has 2 heteroatoms. The molecule has 0 aromatic rings. The summed E-state index contributed by atoms with van der Waals surface area (Å²) in [7, 11) is 0.975. The van der Waals surface area contributed by atoms with Crippen LogP contribution in [0.5, 0.6) is 0 Å². The van der Waals surface area contributed by atoms with Gasteiger partial charge in [-0.1, -0.05) is 55.4 Å². The Morgan fingerprint density at radius 2 is 1.42 bits per heavy atom. The first-order valence-corrected chi connectivity index (χ1v) is 9.10. The lowest BCUT2D eigenvalue weighted by Crippen LogP contribution is -2.24. The summed E-state index contributed by atoms with van der Waals surface area (Å²) in [6, 6.07) is 0. The molecule has 0 saturated carbocycles. The van der Waals surface area contributed by atoms with E-state index in [9.17, 15) is 4.79 Å².